The number of anilines is 1. The highest BCUT2D eigenvalue weighted by molar-refractivity contribution is 6.02. The fourth-order valence-corrected chi connectivity index (χ4v) is 1.42. The van der Waals surface area contributed by atoms with Crippen molar-refractivity contribution in [1.29, 1.82) is 0 Å². The van der Waals surface area contributed by atoms with Crippen molar-refractivity contribution in [1.82, 2.24) is 5.32 Å². The fourth-order valence-electron chi connectivity index (χ4n) is 1.42. The number of carbonyl (C=O) groups excluding carboxylic acids is 2. The maximum Gasteiger partial charge on any atom is 0.339 e. The van der Waals surface area contributed by atoms with Crippen LogP contribution < -0.4 is 10.6 Å². The number of likely N-dealkylation sites (N-methyl/N-ethyl adjacent to an activating group) is 1. The van der Waals surface area contributed by atoms with E-state index in [4.69, 9.17) is 4.74 Å². The summed E-state index contributed by atoms with van der Waals surface area (Å²) in [4.78, 5) is 23.4. The Bertz CT molecular complexity index is 458. The summed E-state index contributed by atoms with van der Waals surface area (Å²) in [6.45, 7) is 3.61. The van der Waals surface area contributed by atoms with Crippen LogP contribution in [-0.4, -0.2) is 32.1 Å². The Kier molecular flexibility index (Phi) is 4.85. The van der Waals surface area contributed by atoms with E-state index in [0.717, 1.165) is 5.56 Å². The van der Waals surface area contributed by atoms with Crippen LogP contribution in [-0.2, 0) is 9.53 Å². The third-order valence-electron chi connectivity index (χ3n) is 2.66. The summed E-state index contributed by atoms with van der Waals surface area (Å²) in [5.74, 6) is -0.669. The van der Waals surface area contributed by atoms with Crippen molar-refractivity contribution in [2.45, 2.75) is 19.9 Å². The first-order valence-electron chi connectivity index (χ1n) is 5.66. The second-order valence-corrected chi connectivity index (χ2v) is 4.04. The van der Waals surface area contributed by atoms with Crippen molar-refractivity contribution in [2.75, 3.05) is 19.5 Å². The zero-order valence-electron chi connectivity index (χ0n) is 11.0. The van der Waals surface area contributed by atoms with Gasteiger partial charge in [-0.1, -0.05) is 11.6 Å². The molecule has 1 aromatic rings. The molecule has 0 bridgehead atoms. The molecule has 1 amide bonds. The molecule has 0 aliphatic heterocycles. The lowest BCUT2D eigenvalue weighted by atomic mass is 10.1. The summed E-state index contributed by atoms with van der Waals surface area (Å²) in [5.41, 5.74) is 1.74. The molecule has 0 fully saturated rings. The van der Waals surface area contributed by atoms with Gasteiger partial charge >= 0.3 is 5.97 Å². The van der Waals surface area contributed by atoms with E-state index in [1.54, 1.807) is 26.1 Å². The number of carbonyl (C=O) groups is 2. The van der Waals surface area contributed by atoms with Gasteiger partial charge in [-0.3, -0.25) is 4.79 Å². The smallest absolute Gasteiger partial charge is 0.339 e. The van der Waals surface area contributed by atoms with Crippen LogP contribution >= 0.6 is 0 Å². The Labute approximate surface area is 107 Å². The van der Waals surface area contributed by atoms with E-state index >= 15 is 0 Å². The van der Waals surface area contributed by atoms with E-state index in [2.05, 4.69) is 10.6 Å². The minimum atomic E-state index is -0.467. The molecule has 1 atom stereocenters. The molecule has 0 spiro atoms. The predicted octanol–water partition coefficient (Wildman–Crippen LogP) is 1.33. The monoisotopic (exact) mass is 250 g/mol. The molecule has 98 valence electrons. The Hall–Kier alpha value is -1.88. The number of amides is 1. The van der Waals surface area contributed by atoms with Crippen LogP contribution in [0.5, 0.6) is 0 Å². The average molecular weight is 250 g/mol. The van der Waals surface area contributed by atoms with Crippen LogP contribution in [0.4, 0.5) is 5.69 Å². The lowest BCUT2D eigenvalue weighted by molar-refractivity contribution is -0.117. The van der Waals surface area contributed by atoms with Crippen molar-refractivity contribution in [2.24, 2.45) is 0 Å². The summed E-state index contributed by atoms with van der Waals surface area (Å²) < 4.78 is 4.69. The number of hydrogen-bond donors (Lipinski definition) is 2. The highest BCUT2D eigenvalue weighted by Crippen LogP contribution is 2.18. The highest BCUT2D eigenvalue weighted by Gasteiger charge is 2.16. The molecule has 0 radical (unpaired) electrons. The van der Waals surface area contributed by atoms with Gasteiger partial charge in [0.2, 0.25) is 5.91 Å². The number of ether oxygens (including phenoxy) is 1. The van der Waals surface area contributed by atoms with E-state index in [9.17, 15) is 9.59 Å². The molecule has 1 aromatic carbocycles. The normalized spacial score (nSPS) is 11.8. The minimum absolute atomic E-state index is 0.202. The average Bonchev–Trinajstić information content (AvgIpc) is 2.38. The van der Waals surface area contributed by atoms with Crippen LogP contribution in [0.2, 0.25) is 0 Å². The number of benzene rings is 1. The van der Waals surface area contributed by atoms with E-state index in [1.807, 2.05) is 13.0 Å². The molecule has 0 saturated carbocycles. The fraction of sp³-hybridized carbons (Fsp3) is 0.385. The predicted molar refractivity (Wildman–Crippen MR) is 69.7 cm³/mol. The molecule has 2 N–H and O–H groups in total. The van der Waals surface area contributed by atoms with Gasteiger partial charge in [0.1, 0.15) is 0 Å². The molecule has 0 aliphatic rings. The van der Waals surface area contributed by atoms with Gasteiger partial charge in [-0.15, -0.1) is 0 Å². The summed E-state index contributed by atoms with van der Waals surface area (Å²) in [7, 11) is 3.01. The van der Waals surface area contributed by atoms with E-state index < -0.39 is 5.97 Å². The molecule has 18 heavy (non-hydrogen) atoms. The van der Waals surface area contributed by atoms with Gasteiger partial charge in [0, 0.05) is 0 Å². The number of hydrogen-bond acceptors (Lipinski definition) is 4. The third kappa shape index (κ3) is 3.30. The largest absolute Gasteiger partial charge is 0.465 e. The van der Waals surface area contributed by atoms with Gasteiger partial charge in [0.15, 0.2) is 0 Å². The number of esters is 1. The van der Waals surface area contributed by atoms with E-state index in [0.29, 0.717) is 11.3 Å². The molecule has 0 heterocycles. The van der Waals surface area contributed by atoms with Gasteiger partial charge in [-0.25, -0.2) is 4.79 Å². The van der Waals surface area contributed by atoms with Gasteiger partial charge in [0.25, 0.3) is 0 Å². The summed E-state index contributed by atoms with van der Waals surface area (Å²) in [6, 6.07) is 4.87. The van der Waals surface area contributed by atoms with Gasteiger partial charge in [-0.05, 0) is 33.0 Å². The molecule has 1 unspecified atom stereocenters. The Balaban J connectivity index is 3.01. The van der Waals surface area contributed by atoms with Crippen molar-refractivity contribution in [3.8, 4) is 0 Å². The van der Waals surface area contributed by atoms with Crippen LogP contribution in [0.25, 0.3) is 0 Å². The van der Waals surface area contributed by atoms with Crippen molar-refractivity contribution in [3.63, 3.8) is 0 Å². The quantitative estimate of drug-likeness (QED) is 0.791. The van der Waals surface area contributed by atoms with Crippen molar-refractivity contribution in [3.05, 3.63) is 29.3 Å². The maximum absolute atomic E-state index is 11.8. The second-order valence-electron chi connectivity index (χ2n) is 4.04. The summed E-state index contributed by atoms with van der Waals surface area (Å²) >= 11 is 0. The number of aryl methyl sites for hydroxylation is 1. The molecule has 0 aliphatic carbocycles. The Morgan fingerprint density at radius 3 is 2.56 bits per heavy atom. The summed E-state index contributed by atoms with van der Waals surface area (Å²) in [5, 5.41) is 5.53. The first kappa shape index (κ1) is 14.2. The Morgan fingerprint density at radius 2 is 2.00 bits per heavy atom. The van der Waals surface area contributed by atoms with E-state index in [-0.39, 0.29) is 11.9 Å². The third-order valence-corrected chi connectivity index (χ3v) is 2.66. The first-order valence-corrected chi connectivity index (χ1v) is 5.66. The number of methoxy groups -OCH3 is 1. The Morgan fingerprint density at radius 1 is 1.33 bits per heavy atom. The van der Waals surface area contributed by atoms with Crippen molar-refractivity contribution < 1.29 is 14.3 Å². The molecule has 5 heteroatoms. The van der Waals surface area contributed by atoms with Crippen LogP contribution in [0.15, 0.2) is 18.2 Å². The first-order chi connectivity index (χ1) is 8.49. The molecular formula is C13H18N2O3. The molecule has 0 aromatic heterocycles. The maximum atomic E-state index is 11.8. The van der Waals surface area contributed by atoms with Crippen LogP contribution in [0, 0.1) is 6.92 Å². The lowest BCUT2D eigenvalue weighted by Crippen LogP contribution is -2.35. The highest BCUT2D eigenvalue weighted by atomic mass is 16.5. The molecular weight excluding hydrogens is 232 g/mol. The summed E-state index contributed by atoms with van der Waals surface area (Å²) in [6.07, 6.45) is 0. The van der Waals surface area contributed by atoms with Crippen molar-refractivity contribution >= 4 is 17.6 Å². The number of rotatable bonds is 4. The standard InChI is InChI=1S/C13H18N2O3/c1-8-5-6-11(10(7-8)13(17)18-4)15-12(16)9(2)14-3/h5-7,9,14H,1-4H3,(H,15,16). The SMILES string of the molecule is CNC(C)C(=O)Nc1ccc(C)cc1C(=O)OC. The van der Waals surface area contributed by atoms with Crippen LogP contribution in [0.1, 0.15) is 22.8 Å². The minimum Gasteiger partial charge on any atom is -0.465 e. The van der Waals surface area contributed by atoms with Crippen LogP contribution in [0.3, 0.4) is 0 Å². The second kappa shape index (κ2) is 6.16. The van der Waals surface area contributed by atoms with Gasteiger partial charge in [-0.2, -0.15) is 0 Å². The molecule has 1 rings (SSSR count). The molecule has 5 nitrogen and oxygen atoms in total. The lowest BCUT2D eigenvalue weighted by Gasteiger charge is -2.14. The zero-order valence-corrected chi connectivity index (χ0v) is 11.0. The zero-order chi connectivity index (χ0) is 13.7. The molecule has 0 saturated heterocycles. The topological polar surface area (TPSA) is 67.4 Å². The van der Waals surface area contributed by atoms with E-state index in [1.165, 1.54) is 7.11 Å². The van der Waals surface area contributed by atoms with Gasteiger partial charge < -0.3 is 15.4 Å². The number of nitrogens with one attached hydrogen (secondary N) is 2. The van der Waals surface area contributed by atoms with Gasteiger partial charge in [0.05, 0.1) is 24.4 Å².